The molecular weight excluding hydrogens is 404 g/mol. The van der Waals surface area contributed by atoms with Crippen molar-refractivity contribution in [2.24, 2.45) is 0 Å². The number of sulfonamides is 1. The maximum atomic E-state index is 13.4. The van der Waals surface area contributed by atoms with E-state index in [2.05, 4.69) is 6.58 Å². The zero-order valence-electron chi connectivity index (χ0n) is 15.5. The molecule has 1 N–H and O–H groups in total. The topological polar surface area (TPSA) is 83.9 Å². The van der Waals surface area contributed by atoms with Crippen molar-refractivity contribution in [3.05, 3.63) is 72.6 Å². The molecule has 0 aliphatic heterocycles. The second-order valence-electron chi connectivity index (χ2n) is 6.12. The van der Waals surface area contributed by atoms with Crippen LogP contribution in [0.15, 0.2) is 71.9 Å². The van der Waals surface area contributed by atoms with Gasteiger partial charge in [0.15, 0.2) is 0 Å². The lowest BCUT2D eigenvalue weighted by Crippen LogP contribution is -2.44. The third-order valence-corrected chi connectivity index (χ3v) is 5.87. The zero-order chi connectivity index (χ0) is 21.4. The molecule has 2 aromatic carbocycles. The molecule has 0 amide bonds. The van der Waals surface area contributed by atoms with E-state index in [1.807, 2.05) is 0 Å². The molecule has 156 valence electrons. The molecule has 29 heavy (non-hydrogen) atoms. The van der Waals surface area contributed by atoms with Crippen molar-refractivity contribution in [1.82, 2.24) is 4.31 Å². The molecule has 0 aliphatic carbocycles. The normalized spacial score (nSPS) is 12.5. The van der Waals surface area contributed by atoms with Crippen LogP contribution in [0.4, 0.5) is 8.78 Å². The van der Waals surface area contributed by atoms with E-state index in [-0.39, 0.29) is 23.8 Å². The van der Waals surface area contributed by atoms with Crippen LogP contribution in [-0.2, 0) is 21.4 Å². The highest BCUT2D eigenvalue weighted by molar-refractivity contribution is 7.89. The molecule has 1 atom stereocenters. The second kappa shape index (κ2) is 10.1. The molecule has 2 rings (SSSR count). The van der Waals surface area contributed by atoms with Crippen molar-refractivity contribution in [3.63, 3.8) is 0 Å². The van der Waals surface area contributed by atoms with Crippen LogP contribution in [0.25, 0.3) is 0 Å². The summed E-state index contributed by atoms with van der Waals surface area (Å²) in [7, 11) is -4.31. The number of carbonyl (C=O) groups is 1. The predicted molar refractivity (Wildman–Crippen MR) is 103 cm³/mol. The number of halogens is 2. The van der Waals surface area contributed by atoms with Gasteiger partial charge in [0.2, 0.25) is 10.0 Å². The summed E-state index contributed by atoms with van der Waals surface area (Å²) in [6.45, 7) is 1.92. The van der Waals surface area contributed by atoms with Crippen LogP contribution in [-0.4, -0.2) is 43.1 Å². The predicted octanol–water partition coefficient (Wildman–Crippen LogP) is 3.55. The molecule has 0 spiro atoms. The fraction of sp³-hybridized carbons (Fsp3) is 0.250. The van der Waals surface area contributed by atoms with Gasteiger partial charge in [-0.1, -0.05) is 36.9 Å². The largest absolute Gasteiger partial charge is 0.491 e. The van der Waals surface area contributed by atoms with Gasteiger partial charge in [-0.25, -0.2) is 17.2 Å². The molecule has 6 nitrogen and oxygen atoms in total. The van der Waals surface area contributed by atoms with Gasteiger partial charge in [0.25, 0.3) is 0 Å². The number of ether oxygens (including phenoxy) is 1. The summed E-state index contributed by atoms with van der Waals surface area (Å²) in [5, 5.41) is 9.55. The van der Waals surface area contributed by atoms with Crippen LogP contribution in [0.5, 0.6) is 5.75 Å². The monoisotopic (exact) mass is 425 g/mol. The van der Waals surface area contributed by atoms with E-state index in [0.717, 1.165) is 4.31 Å². The first-order valence-electron chi connectivity index (χ1n) is 8.66. The summed E-state index contributed by atoms with van der Waals surface area (Å²) in [5.41, 5.74) is 0.537. The number of benzene rings is 2. The van der Waals surface area contributed by atoms with Crippen molar-refractivity contribution in [2.45, 2.75) is 23.9 Å². The Morgan fingerprint density at radius 1 is 1.14 bits per heavy atom. The summed E-state index contributed by atoms with van der Waals surface area (Å²) in [4.78, 5) is 11.6. The maximum absolute atomic E-state index is 13.4. The van der Waals surface area contributed by atoms with Crippen LogP contribution in [0.2, 0.25) is 0 Å². The lowest BCUT2D eigenvalue weighted by atomic mass is 10.1. The van der Waals surface area contributed by atoms with Crippen LogP contribution >= 0.6 is 0 Å². The highest BCUT2D eigenvalue weighted by Crippen LogP contribution is 2.26. The molecule has 9 heteroatoms. The minimum Gasteiger partial charge on any atom is -0.491 e. The third-order valence-electron chi connectivity index (χ3n) is 4.00. The molecule has 0 aliphatic rings. The number of carboxylic acids is 1. The zero-order valence-corrected chi connectivity index (χ0v) is 16.3. The molecule has 0 heterocycles. The van der Waals surface area contributed by atoms with Gasteiger partial charge in [-0.05, 0) is 29.8 Å². The standard InChI is InChI=1S/C20H21F2NO5S/c1-15(22)13-19(20(24)25)23(14-16-5-3-2-4-6-16)29(26,27)18-9-7-17(8-10-18)28-12-11-21/h2-10,19H,1,11-14H2,(H,24,25)/t19-/m0/s1. The van der Waals surface area contributed by atoms with Gasteiger partial charge >= 0.3 is 5.97 Å². The lowest BCUT2D eigenvalue weighted by Gasteiger charge is -2.28. The summed E-state index contributed by atoms with van der Waals surface area (Å²) >= 11 is 0. The van der Waals surface area contributed by atoms with Crippen LogP contribution < -0.4 is 4.74 Å². The van der Waals surface area contributed by atoms with Crippen molar-refractivity contribution in [3.8, 4) is 5.75 Å². The Morgan fingerprint density at radius 3 is 2.28 bits per heavy atom. The molecule has 0 bridgehead atoms. The lowest BCUT2D eigenvalue weighted by molar-refractivity contribution is -0.141. The van der Waals surface area contributed by atoms with E-state index in [1.54, 1.807) is 30.3 Å². The number of hydrogen-bond donors (Lipinski definition) is 1. The number of alkyl halides is 1. The number of carboxylic acid groups (broad SMARTS) is 1. The van der Waals surface area contributed by atoms with E-state index in [9.17, 15) is 27.1 Å². The molecule has 0 fully saturated rings. The Labute approximate surface area is 168 Å². The molecular formula is C20H21F2NO5S. The van der Waals surface area contributed by atoms with Gasteiger partial charge < -0.3 is 9.84 Å². The van der Waals surface area contributed by atoms with Gasteiger partial charge in [-0.15, -0.1) is 0 Å². The average Bonchev–Trinajstić information content (AvgIpc) is 2.69. The van der Waals surface area contributed by atoms with Crippen LogP contribution in [0, 0.1) is 0 Å². The van der Waals surface area contributed by atoms with E-state index in [0.29, 0.717) is 5.56 Å². The molecule has 0 radical (unpaired) electrons. The number of aliphatic carboxylic acids is 1. The summed E-state index contributed by atoms with van der Waals surface area (Å²) < 4.78 is 57.9. The fourth-order valence-electron chi connectivity index (χ4n) is 2.65. The quantitative estimate of drug-likeness (QED) is 0.595. The fourth-order valence-corrected chi connectivity index (χ4v) is 4.22. The van der Waals surface area contributed by atoms with Gasteiger partial charge in [0.05, 0.1) is 10.7 Å². The molecule has 0 saturated heterocycles. The Hall–Kier alpha value is -2.78. The third kappa shape index (κ3) is 6.10. The Morgan fingerprint density at radius 2 is 1.76 bits per heavy atom. The van der Waals surface area contributed by atoms with Crippen molar-refractivity contribution in [2.75, 3.05) is 13.3 Å². The van der Waals surface area contributed by atoms with Crippen molar-refractivity contribution < 1.29 is 31.8 Å². The average molecular weight is 425 g/mol. The van der Waals surface area contributed by atoms with Gasteiger partial charge in [-0.3, -0.25) is 4.79 Å². The minimum atomic E-state index is -4.31. The first kappa shape index (κ1) is 22.5. The first-order chi connectivity index (χ1) is 13.8. The minimum absolute atomic E-state index is 0.175. The van der Waals surface area contributed by atoms with Crippen LogP contribution in [0.3, 0.4) is 0 Å². The van der Waals surface area contributed by atoms with E-state index < -0.39 is 41.0 Å². The van der Waals surface area contributed by atoms with E-state index in [4.69, 9.17) is 4.74 Å². The van der Waals surface area contributed by atoms with Crippen molar-refractivity contribution in [1.29, 1.82) is 0 Å². The Bertz CT molecular complexity index is 933. The molecule has 2 aromatic rings. The molecule has 0 aromatic heterocycles. The SMILES string of the molecule is C=C(F)C[C@@H](C(=O)O)N(Cc1ccccc1)S(=O)(=O)c1ccc(OCCF)cc1. The summed E-state index contributed by atoms with van der Waals surface area (Å²) in [6.07, 6.45) is -0.681. The second-order valence-corrected chi connectivity index (χ2v) is 8.01. The number of hydrogen-bond acceptors (Lipinski definition) is 4. The maximum Gasteiger partial charge on any atom is 0.322 e. The number of rotatable bonds is 11. The smallest absolute Gasteiger partial charge is 0.322 e. The number of nitrogens with zero attached hydrogens (tertiary/aromatic N) is 1. The first-order valence-corrected chi connectivity index (χ1v) is 10.1. The van der Waals surface area contributed by atoms with Crippen LogP contribution in [0.1, 0.15) is 12.0 Å². The Balaban J connectivity index is 2.44. The van der Waals surface area contributed by atoms with E-state index >= 15 is 0 Å². The van der Waals surface area contributed by atoms with Gasteiger partial charge in [-0.2, -0.15) is 4.31 Å². The highest BCUT2D eigenvalue weighted by Gasteiger charge is 2.36. The van der Waals surface area contributed by atoms with Crippen molar-refractivity contribution >= 4 is 16.0 Å². The highest BCUT2D eigenvalue weighted by atomic mass is 32.2. The van der Waals surface area contributed by atoms with E-state index in [1.165, 1.54) is 24.3 Å². The summed E-state index contributed by atoms with van der Waals surface area (Å²) in [6, 6.07) is 11.8. The Kier molecular flexibility index (Phi) is 7.86. The molecule has 0 saturated carbocycles. The van der Waals surface area contributed by atoms with Gasteiger partial charge in [0, 0.05) is 13.0 Å². The molecule has 0 unspecified atom stereocenters. The van der Waals surface area contributed by atoms with Gasteiger partial charge in [0.1, 0.15) is 25.1 Å². The summed E-state index contributed by atoms with van der Waals surface area (Å²) in [5.74, 6) is -2.17.